The van der Waals surface area contributed by atoms with Gasteiger partial charge in [-0.1, -0.05) is 22.9 Å². The second-order valence-electron chi connectivity index (χ2n) is 4.43. The highest BCUT2D eigenvalue weighted by molar-refractivity contribution is 9.09. The molecule has 0 aliphatic heterocycles. The molecule has 16 heavy (non-hydrogen) atoms. The van der Waals surface area contributed by atoms with Gasteiger partial charge in [-0.05, 0) is 25.7 Å². The molecule has 0 aromatic carbocycles. The monoisotopic (exact) mass is 286 g/mol. The zero-order valence-electron chi connectivity index (χ0n) is 9.95. The Kier molecular flexibility index (Phi) is 3.90. The molecule has 0 spiro atoms. The van der Waals surface area contributed by atoms with Crippen molar-refractivity contribution in [3.8, 4) is 5.75 Å². The Hall–Kier alpha value is -0.510. The Bertz CT molecular complexity index is 351. The molecule has 2 atom stereocenters. The van der Waals surface area contributed by atoms with Gasteiger partial charge in [0.15, 0.2) is 5.75 Å². The van der Waals surface area contributed by atoms with Gasteiger partial charge < -0.3 is 4.74 Å². The van der Waals surface area contributed by atoms with Crippen molar-refractivity contribution in [2.75, 3.05) is 7.11 Å². The highest BCUT2D eigenvalue weighted by Crippen LogP contribution is 2.41. The van der Waals surface area contributed by atoms with Crippen LogP contribution in [0.15, 0.2) is 6.20 Å². The number of rotatable bonds is 4. The molecule has 1 aliphatic rings. The molecule has 0 radical (unpaired) electrons. The van der Waals surface area contributed by atoms with E-state index in [1.165, 1.54) is 25.0 Å². The first kappa shape index (κ1) is 12.0. The van der Waals surface area contributed by atoms with Gasteiger partial charge in [0.25, 0.3) is 0 Å². The Morgan fingerprint density at radius 3 is 2.94 bits per heavy atom. The molecule has 0 amide bonds. The summed E-state index contributed by atoms with van der Waals surface area (Å²) >= 11 is 3.70. The SMILES string of the molecule is CCCn1ncc(OC)c1C1CCC(Br)C1. The van der Waals surface area contributed by atoms with E-state index >= 15 is 0 Å². The van der Waals surface area contributed by atoms with Gasteiger partial charge in [-0.2, -0.15) is 5.10 Å². The van der Waals surface area contributed by atoms with Crippen molar-refractivity contribution in [3.63, 3.8) is 0 Å². The summed E-state index contributed by atoms with van der Waals surface area (Å²) in [4.78, 5) is 0.659. The minimum atomic E-state index is 0.605. The normalized spacial score (nSPS) is 24.9. The van der Waals surface area contributed by atoms with Gasteiger partial charge in [-0.3, -0.25) is 4.68 Å². The van der Waals surface area contributed by atoms with Gasteiger partial charge in [0.05, 0.1) is 19.0 Å². The average Bonchev–Trinajstić information content (AvgIpc) is 2.85. The summed E-state index contributed by atoms with van der Waals surface area (Å²) in [6.07, 6.45) is 6.66. The molecule has 2 rings (SSSR count). The highest BCUT2D eigenvalue weighted by atomic mass is 79.9. The molecule has 1 saturated carbocycles. The maximum atomic E-state index is 5.42. The average molecular weight is 287 g/mol. The lowest BCUT2D eigenvalue weighted by molar-refractivity contribution is 0.400. The quantitative estimate of drug-likeness (QED) is 0.794. The van der Waals surface area contributed by atoms with Gasteiger partial charge >= 0.3 is 0 Å². The summed E-state index contributed by atoms with van der Waals surface area (Å²) in [5, 5.41) is 4.42. The van der Waals surface area contributed by atoms with E-state index in [2.05, 4.69) is 32.6 Å². The van der Waals surface area contributed by atoms with Crippen LogP contribution in [0.4, 0.5) is 0 Å². The van der Waals surface area contributed by atoms with Crippen molar-refractivity contribution in [3.05, 3.63) is 11.9 Å². The minimum Gasteiger partial charge on any atom is -0.493 e. The lowest BCUT2D eigenvalue weighted by atomic mass is 10.0. The molecule has 2 unspecified atom stereocenters. The first-order valence-electron chi connectivity index (χ1n) is 6.00. The number of aryl methyl sites for hydroxylation is 1. The van der Waals surface area contributed by atoms with Crippen LogP contribution in [0.3, 0.4) is 0 Å². The van der Waals surface area contributed by atoms with Crippen LogP contribution in [-0.4, -0.2) is 21.7 Å². The number of methoxy groups -OCH3 is 1. The number of alkyl halides is 1. The summed E-state index contributed by atoms with van der Waals surface area (Å²) in [6, 6.07) is 0. The van der Waals surface area contributed by atoms with Crippen molar-refractivity contribution in [1.29, 1.82) is 0 Å². The fraction of sp³-hybridized carbons (Fsp3) is 0.750. The van der Waals surface area contributed by atoms with Crippen LogP contribution in [0.5, 0.6) is 5.75 Å². The predicted molar refractivity (Wildman–Crippen MR) is 68.4 cm³/mol. The molecular formula is C12H19BrN2O. The van der Waals surface area contributed by atoms with Crippen LogP contribution in [0.2, 0.25) is 0 Å². The van der Waals surface area contributed by atoms with Crippen molar-refractivity contribution in [2.45, 2.75) is 49.9 Å². The van der Waals surface area contributed by atoms with Crippen molar-refractivity contribution in [1.82, 2.24) is 9.78 Å². The van der Waals surface area contributed by atoms with E-state index in [0.717, 1.165) is 18.7 Å². The Morgan fingerprint density at radius 2 is 2.38 bits per heavy atom. The third-order valence-corrected chi connectivity index (χ3v) is 4.09. The van der Waals surface area contributed by atoms with Crippen LogP contribution in [0, 0.1) is 0 Å². The zero-order chi connectivity index (χ0) is 11.5. The van der Waals surface area contributed by atoms with E-state index in [-0.39, 0.29) is 0 Å². The third-order valence-electron chi connectivity index (χ3n) is 3.26. The molecular weight excluding hydrogens is 268 g/mol. The summed E-state index contributed by atoms with van der Waals surface area (Å²) in [5.74, 6) is 1.56. The van der Waals surface area contributed by atoms with Gasteiger partial charge in [-0.25, -0.2) is 0 Å². The molecule has 0 bridgehead atoms. The Morgan fingerprint density at radius 1 is 1.56 bits per heavy atom. The predicted octanol–water partition coefficient (Wildman–Crippen LogP) is 3.33. The number of aromatic nitrogens is 2. The summed E-state index contributed by atoms with van der Waals surface area (Å²) in [6.45, 7) is 3.17. The molecule has 0 saturated heterocycles. The number of hydrogen-bond acceptors (Lipinski definition) is 2. The fourth-order valence-corrected chi connectivity index (χ4v) is 3.23. The van der Waals surface area contributed by atoms with Gasteiger partial charge in [0.2, 0.25) is 0 Å². The first-order chi connectivity index (χ1) is 7.76. The molecule has 1 aromatic heterocycles. The topological polar surface area (TPSA) is 27.1 Å². The van der Waals surface area contributed by atoms with E-state index < -0.39 is 0 Å². The van der Waals surface area contributed by atoms with Crippen molar-refractivity contribution >= 4 is 15.9 Å². The third kappa shape index (κ3) is 2.26. The van der Waals surface area contributed by atoms with Crippen LogP contribution < -0.4 is 4.74 Å². The van der Waals surface area contributed by atoms with Gasteiger partial charge in [0.1, 0.15) is 0 Å². The van der Waals surface area contributed by atoms with Crippen LogP contribution in [0.25, 0.3) is 0 Å². The maximum Gasteiger partial charge on any atom is 0.160 e. The zero-order valence-corrected chi connectivity index (χ0v) is 11.5. The molecule has 90 valence electrons. The minimum absolute atomic E-state index is 0.605. The van der Waals surface area contributed by atoms with E-state index in [4.69, 9.17) is 4.74 Å². The molecule has 1 heterocycles. The Balaban J connectivity index is 2.25. The van der Waals surface area contributed by atoms with Gasteiger partial charge in [0, 0.05) is 17.3 Å². The number of nitrogens with zero attached hydrogens (tertiary/aromatic N) is 2. The molecule has 1 aliphatic carbocycles. The van der Waals surface area contributed by atoms with Crippen LogP contribution >= 0.6 is 15.9 Å². The van der Waals surface area contributed by atoms with Crippen molar-refractivity contribution < 1.29 is 4.74 Å². The molecule has 1 aromatic rings. The largest absolute Gasteiger partial charge is 0.493 e. The summed E-state index contributed by atoms with van der Waals surface area (Å²) < 4.78 is 7.54. The smallest absolute Gasteiger partial charge is 0.160 e. The van der Waals surface area contributed by atoms with E-state index in [0.29, 0.717) is 10.7 Å². The van der Waals surface area contributed by atoms with E-state index in [1.807, 2.05) is 6.20 Å². The second-order valence-corrected chi connectivity index (χ2v) is 5.72. The van der Waals surface area contributed by atoms with E-state index in [9.17, 15) is 0 Å². The number of halogens is 1. The molecule has 1 fully saturated rings. The van der Waals surface area contributed by atoms with Crippen LogP contribution in [-0.2, 0) is 6.54 Å². The lowest BCUT2D eigenvalue weighted by Crippen LogP contribution is -2.08. The number of hydrogen-bond donors (Lipinski definition) is 0. The molecule has 3 nitrogen and oxygen atoms in total. The van der Waals surface area contributed by atoms with E-state index in [1.54, 1.807) is 7.11 Å². The second kappa shape index (κ2) is 5.21. The molecule has 4 heteroatoms. The first-order valence-corrected chi connectivity index (χ1v) is 6.91. The number of ether oxygens (including phenoxy) is 1. The maximum absolute atomic E-state index is 5.42. The van der Waals surface area contributed by atoms with Gasteiger partial charge in [-0.15, -0.1) is 0 Å². The lowest BCUT2D eigenvalue weighted by Gasteiger charge is -2.14. The summed E-state index contributed by atoms with van der Waals surface area (Å²) in [5.41, 5.74) is 1.30. The Labute approximate surface area is 105 Å². The van der Waals surface area contributed by atoms with Crippen LogP contribution in [0.1, 0.15) is 44.2 Å². The highest BCUT2D eigenvalue weighted by Gasteiger charge is 2.29. The standard InChI is InChI=1S/C12H19BrN2O/c1-3-6-15-12(11(16-2)8-14-15)9-4-5-10(13)7-9/h8-10H,3-7H2,1-2H3. The van der Waals surface area contributed by atoms with Crippen molar-refractivity contribution in [2.24, 2.45) is 0 Å². The molecule has 0 N–H and O–H groups in total. The summed E-state index contributed by atoms with van der Waals surface area (Å²) in [7, 11) is 1.73. The fourth-order valence-electron chi connectivity index (χ4n) is 2.51.